The van der Waals surface area contributed by atoms with E-state index in [0.717, 1.165) is 5.57 Å². The molecular weight excluding hydrogens is 563 g/mol. The monoisotopic (exact) mass is 595 g/mol. The van der Waals surface area contributed by atoms with E-state index in [1.807, 2.05) is 26.8 Å². The van der Waals surface area contributed by atoms with Crippen LogP contribution < -0.4 is 15.4 Å². The van der Waals surface area contributed by atoms with Gasteiger partial charge >= 0.3 is 12.4 Å². The van der Waals surface area contributed by atoms with Crippen molar-refractivity contribution >= 4 is 17.5 Å². The number of alkyl halides is 3. The number of nitrogens with one attached hydrogen (secondary N) is 2. The van der Waals surface area contributed by atoms with Gasteiger partial charge in [0.05, 0.1) is 18.2 Å². The first-order valence-electron chi connectivity index (χ1n) is 13.9. The Morgan fingerprint density at radius 3 is 2.63 bits per heavy atom. The Balaban J connectivity index is 1.38. The molecule has 0 saturated carbocycles. The van der Waals surface area contributed by atoms with Crippen LogP contribution in [0.5, 0.6) is 5.75 Å². The molecule has 1 aliphatic carbocycles. The first-order chi connectivity index (χ1) is 20.4. The van der Waals surface area contributed by atoms with Crippen molar-refractivity contribution in [2.24, 2.45) is 11.8 Å². The molecule has 2 unspecified atom stereocenters. The van der Waals surface area contributed by atoms with Gasteiger partial charge in [-0.1, -0.05) is 41.1 Å². The topological polar surface area (TPSA) is 110 Å². The van der Waals surface area contributed by atoms with Gasteiger partial charge in [-0.15, -0.1) is 13.2 Å². The molecule has 0 bridgehead atoms. The lowest BCUT2D eigenvalue weighted by Gasteiger charge is -2.41. The number of hydrogen-bond donors (Lipinski definition) is 2. The summed E-state index contributed by atoms with van der Waals surface area (Å²) < 4.78 is 48.2. The van der Waals surface area contributed by atoms with Crippen LogP contribution in [-0.4, -0.2) is 52.0 Å². The van der Waals surface area contributed by atoms with Crippen LogP contribution in [0.25, 0.3) is 17.0 Å². The molecule has 3 heterocycles. The summed E-state index contributed by atoms with van der Waals surface area (Å²) in [6, 6.07) is 12.7. The van der Waals surface area contributed by atoms with Crippen LogP contribution in [0, 0.1) is 11.8 Å². The number of allylic oxidation sites excluding steroid dienone is 2. The number of piperidine rings is 1. The van der Waals surface area contributed by atoms with Gasteiger partial charge in [0.2, 0.25) is 5.91 Å². The van der Waals surface area contributed by atoms with Crippen molar-refractivity contribution in [1.82, 2.24) is 25.7 Å². The molecule has 2 aromatic heterocycles. The standard InChI is InChI=1S/C31H32F3N5O4/c1-30(2,3)37-29(41)39-14-12-23-22(19-7-6-8-20(15-19)42-31(32,33)34)10-11-24(25(23)18-39)28(40)36-17-21-16-27(38-43-21)26-9-4-5-13-35-26/h4-11,13,15-16,24-25H,12,14,17-18H2,1-3H3,(H,36,40)(H,37,41). The number of urea groups is 1. The molecule has 2 atom stereocenters. The molecule has 1 aromatic carbocycles. The summed E-state index contributed by atoms with van der Waals surface area (Å²) in [4.78, 5) is 32.5. The third kappa shape index (κ3) is 7.43. The zero-order valence-corrected chi connectivity index (χ0v) is 23.9. The van der Waals surface area contributed by atoms with E-state index in [1.165, 1.54) is 18.2 Å². The SMILES string of the molecule is CC(C)(C)NC(=O)N1CCC2=C(c3cccc(OC(F)(F)F)c3)C=CC(C(=O)NCc3cc(-c4ccccn4)no3)C2C1. The van der Waals surface area contributed by atoms with Crippen molar-refractivity contribution in [3.63, 3.8) is 0 Å². The van der Waals surface area contributed by atoms with Gasteiger partial charge in [0.15, 0.2) is 5.76 Å². The summed E-state index contributed by atoms with van der Waals surface area (Å²) in [5, 5.41) is 9.91. The Morgan fingerprint density at radius 1 is 1.09 bits per heavy atom. The lowest BCUT2D eigenvalue weighted by atomic mass is 9.73. The third-order valence-corrected chi connectivity index (χ3v) is 7.14. The third-order valence-electron chi connectivity index (χ3n) is 7.14. The Labute approximate surface area is 246 Å². The number of carbonyl (C=O) groups excluding carboxylic acids is 2. The molecular formula is C31H32F3N5O4. The number of benzene rings is 1. The highest BCUT2D eigenvalue weighted by Crippen LogP contribution is 2.41. The molecule has 1 saturated heterocycles. The second kappa shape index (κ2) is 11.9. The summed E-state index contributed by atoms with van der Waals surface area (Å²) in [7, 11) is 0. The molecule has 3 amide bonds. The predicted octanol–water partition coefficient (Wildman–Crippen LogP) is 5.72. The lowest BCUT2D eigenvalue weighted by molar-refractivity contribution is -0.274. The minimum absolute atomic E-state index is 0.0900. The molecule has 5 rings (SSSR count). The van der Waals surface area contributed by atoms with E-state index in [1.54, 1.807) is 47.5 Å². The van der Waals surface area contributed by atoms with Gasteiger partial charge in [-0.05, 0) is 62.6 Å². The Morgan fingerprint density at radius 2 is 1.91 bits per heavy atom. The number of amides is 3. The highest BCUT2D eigenvalue weighted by atomic mass is 19.4. The van der Waals surface area contributed by atoms with Crippen molar-refractivity contribution in [3.8, 4) is 17.1 Å². The fourth-order valence-corrected chi connectivity index (χ4v) is 5.31. The highest BCUT2D eigenvalue weighted by molar-refractivity contribution is 5.87. The average Bonchev–Trinajstić information content (AvgIpc) is 3.43. The fourth-order valence-electron chi connectivity index (χ4n) is 5.31. The second-order valence-corrected chi connectivity index (χ2v) is 11.5. The van der Waals surface area contributed by atoms with E-state index in [2.05, 4.69) is 25.5 Å². The smallest absolute Gasteiger partial charge is 0.406 e. The summed E-state index contributed by atoms with van der Waals surface area (Å²) in [5.74, 6) is -1.19. The van der Waals surface area contributed by atoms with E-state index in [-0.39, 0.29) is 30.8 Å². The first-order valence-corrected chi connectivity index (χ1v) is 13.9. The van der Waals surface area contributed by atoms with E-state index in [9.17, 15) is 22.8 Å². The van der Waals surface area contributed by atoms with E-state index in [4.69, 9.17) is 4.52 Å². The van der Waals surface area contributed by atoms with Crippen molar-refractivity contribution in [2.75, 3.05) is 13.1 Å². The highest BCUT2D eigenvalue weighted by Gasteiger charge is 2.39. The summed E-state index contributed by atoms with van der Waals surface area (Å²) in [6.07, 6.45) is 0.779. The average molecular weight is 596 g/mol. The number of carbonyl (C=O) groups is 2. The molecule has 2 aliphatic rings. The van der Waals surface area contributed by atoms with Crippen molar-refractivity contribution < 1.29 is 32.0 Å². The Bertz CT molecular complexity index is 1540. The molecule has 43 heavy (non-hydrogen) atoms. The van der Waals surface area contributed by atoms with Gasteiger partial charge < -0.3 is 24.8 Å². The molecule has 1 fully saturated rings. The zero-order chi connectivity index (χ0) is 30.8. The number of likely N-dealkylation sites (tertiary alicyclic amines) is 1. The predicted molar refractivity (Wildman–Crippen MR) is 152 cm³/mol. The molecule has 1 aliphatic heterocycles. The number of nitrogens with zero attached hydrogens (tertiary/aromatic N) is 3. The summed E-state index contributed by atoms with van der Waals surface area (Å²) >= 11 is 0. The number of aromatic nitrogens is 2. The van der Waals surface area contributed by atoms with Crippen LogP contribution in [0.15, 0.2) is 77.0 Å². The summed E-state index contributed by atoms with van der Waals surface area (Å²) in [6.45, 7) is 6.40. The van der Waals surface area contributed by atoms with Crippen LogP contribution in [0.1, 0.15) is 38.5 Å². The molecule has 9 nitrogen and oxygen atoms in total. The van der Waals surface area contributed by atoms with Gasteiger partial charge in [0.25, 0.3) is 0 Å². The number of ether oxygens (including phenoxy) is 1. The largest absolute Gasteiger partial charge is 0.573 e. The van der Waals surface area contributed by atoms with E-state index in [0.29, 0.717) is 41.3 Å². The zero-order valence-electron chi connectivity index (χ0n) is 23.9. The van der Waals surface area contributed by atoms with Crippen LogP contribution in [-0.2, 0) is 11.3 Å². The number of pyridine rings is 1. The molecule has 226 valence electrons. The van der Waals surface area contributed by atoms with Crippen LogP contribution in [0.3, 0.4) is 0 Å². The quantitative estimate of drug-likeness (QED) is 0.377. The molecule has 3 aromatic rings. The Kier molecular flexibility index (Phi) is 8.30. The molecule has 0 spiro atoms. The maximum atomic E-state index is 13.5. The van der Waals surface area contributed by atoms with E-state index < -0.39 is 23.7 Å². The van der Waals surface area contributed by atoms with E-state index >= 15 is 0 Å². The minimum atomic E-state index is -4.82. The van der Waals surface area contributed by atoms with Crippen molar-refractivity contribution in [2.45, 2.75) is 45.6 Å². The molecule has 12 heteroatoms. The number of rotatable bonds is 6. The van der Waals surface area contributed by atoms with Crippen LogP contribution in [0.2, 0.25) is 0 Å². The summed E-state index contributed by atoms with van der Waals surface area (Å²) in [5.41, 5.74) is 2.87. The van der Waals surface area contributed by atoms with Gasteiger partial charge in [-0.2, -0.15) is 0 Å². The van der Waals surface area contributed by atoms with Crippen LogP contribution in [0.4, 0.5) is 18.0 Å². The Hall–Kier alpha value is -4.61. The second-order valence-electron chi connectivity index (χ2n) is 11.5. The number of halogens is 3. The normalized spacial score (nSPS) is 18.7. The molecule has 0 radical (unpaired) electrons. The minimum Gasteiger partial charge on any atom is -0.406 e. The number of hydrogen-bond acceptors (Lipinski definition) is 6. The van der Waals surface area contributed by atoms with Gasteiger partial charge in [0, 0.05) is 36.8 Å². The first kappa shape index (κ1) is 29.9. The molecule has 2 N–H and O–H groups in total. The maximum absolute atomic E-state index is 13.5. The maximum Gasteiger partial charge on any atom is 0.573 e. The van der Waals surface area contributed by atoms with Crippen LogP contribution >= 0.6 is 0 Å². The lowest BCUT2D eigenvalue weighted by Crippen LogP contribution is -2.53. The van der Waals surface area contributed by atoms with Crippen molar-refractivity contribution in [3.05, 3.63) is 83.8 Å². The van der Waals surface area contributed by atoms with Gasteiger partial charge in [0.1, 0.15) is 11.4 Å². The fraction of sp³-hybridized carbons (Fsp3) is 0.355. The van der Waals surface area contributed by atoms with Gasteiger partial charge in [-0.25, -0.2) is 4.79 Å². The van der Waals surface area contributed by atoms with Gasteiger partial charge in [-0.3, -0.25) is 9.78 Å². The van der Waals surface area contributed by atoms with Crippen molar-refractivity contribution in [1.29, 1.82) is 0 Å². The number of fused-ring (bicyclic) bond motifs is 1.